The van der Waals surface area contributed by atoms with Gasteiger partial charge in [0, 0.05) is 6.04 Å². The zero-order valence-corrected chi connectivity index (χ0v) is 14.9. The van der Waals surface area contributed by atoms with Crippen LogP contribution in [0.4, 0.5) is 4.39 Å². The fraction of sp³-hybridized carbons (Fsp3) is 0.316. The second kappa shape index (κ2) is 7.69. The summed E-state index contributed by atoms with van der Waals surface area (Å²) in [5, 5.41) is 8.93. The molecule has 0 heterocycles. The molecule has 0 aliphatic heterocycles. The molecule has 1 unspecified atom stereocenters. The summed E-state index contributed by atoms with van der Waals surface area (Å²) in [5.74, 6) is -0.278. The molecule has 0 amide bonds. The van der Waals surface area contributed by atoms with Crippen molar-refractivity contribution in [3.05, 3.63) is 71.0 Å². The van der Waals surface area contributed by atoms with Gasteiger partial charge in [0.1, 0.15) is 5.82 Å². The Morgan fingerprint density at radius 3 is 2.21 bits per heavy atom. The monoisotopic (exact) mass is 344 g/mol. The molecule has 0 aliphatic carbocycles. The minimum atomic E-state index is -1.24. The van der Waals surface area contributed by atoms with Crippen molar-refractivity contribution in [2.45, 2.75) is 38.0 Å². The van der Waals surface area contributed by atoms with E-state index >= 15 is 0 Å². The summed E-state index contributed by atoms with van der Waals surface area (Å²) in [5.41, 5.74) is 2.47. The van der Waals surface area contributed by atoms with Crippen LogP contribution in [-0.2, 0) is 17.4 Å². The molecule has 2 aromatic rings. The maximum absolute atomic E-state index is 13.1. The molecule has 0 saturated carbocycles. The summed E-state index contributed by atoms with van der Waals surface area (Å²) >= 11 is 0. The summed E-state index contributed by atoms with van der Waals surface area (Å²) in [4.78, 5) is 0. The first-order chi connectivity index (χ1) is 11.3. The van der Waals surface area contributed by atoms with E-state index in [9.17, 15) is 8.60 Å². The quantitative estimate of drug-likeness (QED) is 0.890. The molecule has 0 spiro atoms. The SMILES string of the molecule is CC(C)(C)S(=O)N[C@H](Cc1ccc(F)cc1)c1ccc(C#N)cc1. The molecule has 126 valence electrons. The summed E-state index contributed by atoms with van der Waals surface area (Å²) in [6, 6.07) is 15.4. The van der Waals surface area contributed by atoms with Crippen LogP contribution in [0.15, 0.2) is 48.5 Å². The second-order valence-electron chi connectivity index (χ2n) is 6.62. The summed E-state index contributed by atoms with van der Waals surface area (Å²) < 4.78 is 28.4. The Hall–Kier alpha value is -2.03. The molecular formula is C19H21FN2OS. The van der Waals surface area contributed by atoms with Crippen LogP contribution in [0.3, 0.4) is 0 Å². The van der Waals surface area contributed by atoms with Crippen molar-refractivity contribution >= 4 is 11.0 Å². The highest BCUT2D eigenvalue weighted by Crippen LogP contribution is 2.22. The Kier molecular flexibility index (Phi) is 5.87. The van der Waals surface area contributed by atoms with Gasteiger partial charge in [-0.1, -0.05) is 24.3 Å². The number of hydrogen-bond acceptors (Lipinski definition) is 2. The van der Waals surface area contributed by atoms with E-state index in [0.717, 1.165) is 11.1 Å². The van der Waals surface area contributed by atoms with Gasteiger partial charge in [0.15, 0.2) is 0 Å². The van der Waals surface area contributed by atoms with Crippen molar-refractivity contribution in [3.8, 4) is 6.07 Å². The summed E-state index contributed by atoms with van der Waals surface area (Å²) in [7, 11) is -1.24. The standard InChI is InChI=1S/C19H21FN2OS/c1-19(2,3)24(23)22-18(12-14-6-10-17(20)11-7-14)16-8-4-15(13-21)5-9-16/h4-11,18,22H,12H2,1-3H3/t18-,24?/m1/s1. The topological polar surface area (TPSA) is 52.9 Å². The fourth-order valence-corrected chi connectivity index (χ4v) is 3.01. The van der Waals surface area contributed by atoms with Gasteiger partial charge < -0.3 is 0 Å². The van der Waals surface area contributed by atoms with Gasteiger partial charge in [-0.25, -0.2) is 13.3 Å². The van der Waals surface area contributed by atoms with Crippen LogP contribution < -0.4 is 4.72 Å². The highest BCUT2D eigenvalue weighted by Gasteiger charge is 2.24. The van der Waals surface area contributed by atoms with Gasteiger partial charge >= 0.3 is 0 Å². The molecular weight excluding hydrogens is 323 g/mol. The molecule has 0 aromatic heterocycles. The molecule has 3 nitrogen and oxygen atoms in total. The molecule has 1 N–H and O–H groups in total. The minimum Gasteiger partial charge on any atom is -0.242 e. The maximum atomic E-state index is 13.1. The zero-order chi connectivity index (χ0) is 17.7. The van der Waals surface area contributed by atoms with Crippen LogP contribution >= 0.6 is 0 Å². The van der Waals surface area contributed by atoms with E-state index in [-0.39, 0.29) is 11.9 Å². The molecule has 2 aromatic carbocycles. The number of nitriles is 1. The Morgan fingerprint density at radius 1 is 1.12 bits per heavy atom. The first-order valence-electron chi connectivity index (χ1n) is 7.72. The third kappa shape index (κ3) is 4.98. The van der Waals surface area contributed by atoms with Gasteiger partial charge in [-0.3, -0.25) is 0 Å². The lowest BCUT2D eigenvalue weighted by Gasteiger charge is -2.25. The van der Waals surface area contributed by atoms with E-state index in [1.54, 1.807) is 24.3 Å². The molecule has 2 atom stereocenters. The largest absolute Gasteiger partial charge is 0.242 e. The summed E-state index contributed by atoms with van der Waals surface area (Å²) in [6.45, 7) is 5.72. The lowest BCUT2D eigenvalue weighted by atomic mass is 9.99. The van der Waals surface area contributed by atoms with Gasteiger partial charge in [0.25, 0.3) is 0 Å². The molecule has 24 heavy (non-hydrogen) atoms. The van der Waals surface area contributed by atoms with Crippen LogP contribution in [0, 0.1) is 17.1 Å². The molecule has 5 heteroatoms. The second-order valence-corrected chi connectivity index (χ2v) is 8.61. The number of halogens is 1. The van der Waals surface area contributed by atoms with Gasteiger partial charge in [-0.05, 0) is 62.6 Å². The van der Waals surface area contributed by atoms with Crippen molar-refractivity contribution in [2.75, 3.05) is 0 Å². The minimum absolute atomic E-state index is 0.191. The highest BCUT2D eigenvalue weighted by molar-refractivity contribution is 7.84. The predicted molar refractivity (Wildman–Crippen MR) is 95.0 cm³/mol. The number of nitrogens with zero attached hydrogens (tertiary/aromatic N) is 1. The first kappa shape index (κ1) is 18.3. The van der Waals surface area contributed by atoms with Crippen LogP contribution in [0.2, 0.25) is 0 Å². The van der Waals surface area contributed by atoms with Crippen LogP contribution in [-0.4, -0.2) is 8.96 Å². The first-order valence-corrected chi connectivity index (χ1v) is 8.87. The van der Waals surface area contributed by atoms with E-state index < -0.39 is 15.7 Å². The average molecular weight is 344 g/mol. The number of nitrogens with one attached hydrogen (secondary N) is 1. The van der Waals surface area contributed by atoms with E-state index in [4.69, 9.17) is 5.26 Å². The molecule has 0 fully saturated rings. The van der Waals surface area contributed by atoms with Gasteiger partial charge in [0.2, 0.25) is 0 Å². The third-order valence-corrected chi connectivity index (χ3v) is 5.21. The Morgan fingerprint density at radius 2 is 1.71 bits per heavy atom. The Balaban J connectivity index is 2.27. The van der Waals surface area contributed by atoms with E-state index in [1.165, 1.54) is 12.1 Å². The highest BCUT2D eigenvalue weighted by atomic mass is 32.2. The molecule has 0 saturated heterocycles. The lowest BCUT2D eigenvalue weighted by molar-refractivity contribution is 0.595. The molecule has 0 bridgehead atoms. The number of benzene rings is 2. The maximum Gasteiger partial charge on any atom is 0.123 e. The summed E-state index contributed by atoms with van der Waals surface area (Å²) in [6.07, 6.45) is 0.577. The van der Waals surface area contributed by atoms with Crippen molar-refractivity contribution in [1.82, 2.24) is 4.72 Å². The van der Waals surface area contributed by atoms with Crippen molar-refractivity contribution in [3.63, 3.8) is 0 Å². The smallest absolute Gasteiger partial charge is 0.123 e. The van der Waals surface area contributed by atoms with Gasteiger partial charge in [-0.2, -0.15) is 5.26 Å². The zero-order valence-electron chi connectivity index (χ0n) is 14.0. The number of hydrogen-bond donors (Lipinski definition) is 1. The van der Waals surface area contributed by atoms with Crippen molar-refractivity contribution in [2.24, 2.45) is 0 Å². The van der Waals surface area contributed by atoms with E-state index in [0.29, 0.717) is 12.0 Å². The van der Waals surface area contributed by atoms with Crippen molar-refractivity contribution in [1.29, 1.82) is 5.26 Å². The lowest BCUT2D eigenvalue weighted by Crippen LogP contribution is -2.36. The van der Waals surface area contributed by atoms with E-state index in [1.807, 2.05) is 32.9 Å². The number of rotatable bonds is 5. The molecule has 2 rings (SSSR count). The normalized spacial score (nSPS) is 14.0. The van der Waals surface area contributed by atoms with Crippen LogP contribution in [0.1, 0.15) is 43.5 Å². The van der Waals surface area contributed by atoms with E-state index in [2.05, 4.69) is 10.8 Å². The predicted octanol–water partition coefficient (Wildman–Crippen LogP) is 4.03. The van der Waals surface area contributed by atoms with Gasteiger partial charge in [0.05, 0.1) is 27.4 Å². The van der Waals surface area contributed by atoms with Crippen LogP contribution in [0.25, 0.3) is 0 Å². The van der Waals surface area contributed by atoms with Crippen molar-refractivity contribution < 1.29 is 8.60 Å². The van der Waals surface area contributed by atoms with Crippen LogP contribution in [0.5, 0.6) is 0 Å². The van der Waals surface area contributed by atoms with Gasteiger partial charge in [-0.15, -0.1) is 0 Å². The third-order valence-electron chi connectivity index (χ3n) is 3.60. The average Bonchev–Trinajstić information content (AvgIpc) is 2.55. The Labute approximate surface area is 145 Å². The fourth-order valence-electron chi connectivity index (χ4n) is 2.18. The molecule has 0 aliphatic rings. The molecule has 0 radical (unpaired) electrons. The Bertz CT molecular complexity index is 743.